The first-order valence-corrected chi connectivity index (χ1v) is 10.5. The van der Waals surface area contributed by atoms with Crippen molar-refractivity contribution in [3.8, 4) is 22.8 Å². The molecule has 0 aliphatic rings. The molecule has 0 radical (unpaired) electrons. The largest absolute Gasteiger partial charge is 0.495 e. The van der Waals surface area contributed by atoms with E-state index < -0.39 is 41.4 Å². The second-order valence-corrected chi connectivity index (χ2v) is 7.92. The zero-order chi connectivity index (χ0) is 26.1. The maximum atomic E-state index is 15.2. The van der Waals surface area contributed by atoms with E-state index in [1.807, 2.05) is 0 Å². The van der Waals surface area contributed by atoms with Crippen LogP contribution in [0.5, 0.6) is 11.5 Å². The van der Waals surface area contributed by atoms with E-state index in [1.165, 1.54) is 26.2 Å². The summed E-state index contributed by atoms with van der Waals surface area (Å²) in [6.45, 7) is 3.72. The average molecular weight is 517 g/mol. The van der Waals surface area contributed by atoms with Crippen molar-refractivity contribution in [3.05, 3.63) is 52.2 Å². The Hall–Kier alpha value is -3.38. The lowest BCUT2D eigenvalue weighted by atomic mass is 10.0. The van der Waals surface area contributed by atoms with Crippen LogP contribution >= 0.6 is 11.6 Å². The van der Waals surface area contributed by atoms with E-state index in [9.17, 15) is 23.1 Å². The lowest BCUT2D eigenvalue weighted by Gasteiger charge is -2.21. The number of aliphatic hydroxyl groups is 1. The summed E-state index contributed by atoms with van der Waals surface area (Å²) in [5.41, 5.74) is -0.253. The number of hydrogen-bond donors (Lipinski definition) is 3. The molecule has 2 aromatic heterocycles. The molecule has 35 heavy (non-hydrogen) atoms. The fourth-order valence-corrected chi connectivity index (χ4v) is 3.32. The van der Waals surface area contributed by atoms with Gasteiger partial charge in [0.25, 0.3) is 5.91 Å². The van der Waals surface area contributed by atoms with Gasteiger partial charge in [-0.1, -0.05) is 11.6 Å². The topological polar surface area (TPSA) is 109 Å². The van der Waals surface area contributed by atoms with Gasteiger partial charge in [-0.3, -0.25) is 9.89 Å². The van der Waals surface area contributed by atoms with Crippen molar-refractivity contribution in [2.45, 2.75) is 39.2 Å². The molecule has 0 spiro atoms. The maximum Gasteiger partial charge on any atom is 0.425 e. The first kappa shape index (κ1) is 26.2. The number of amides is 1. The van der Waals surface area contributed by atoms with Gasteiger partial charge in [0, 0.05) is 5.56 Å². The zero-order valence-electron chi connectivity index (χ0n) is 18.9. The minimum atomic E-state index is -4.76. The molecule has 13 heteroatoms. The number of nitrogens with one attached hydrogen (secondary N) is 2. The lowest BCUT2D eigenvalue weighted by Crippen LogP contribution is -2.32. The van der Waals surface area contributed by atoms with Crippen LogP contribution in [0.15, 0.2) is 24.3 Å². The highest BCUT2D eigenvalue weighted by Gasteiger charge is 2.39. The molecule has 2 heterocycles. The van der Waals surface area contributed by atoms with Crippen LogP contribution in [-0.2, 0) is 0 Å². The van der Waals surface area contributed by atoms with Crippen LogP contribution in [0.4, 0.5) is 23.2 Å². The van der Waals surface area contributed by atoms with Crippen LogP contribution in [0.25, 0.3) is 11.3 Å². The van der Waals surface area contributed by atoms with Crippen molar-refractivity contribution >= 4 is 23.2 Å². The number of carbonyl (C=O) groups is 1. The number of ether oxygens (including phenoxy) is 2. The van der Waals surface area contributed by atoms with E-state index in [1.54, 1.807) is 6.92 Å². The van der Waals surface area contributed by atoms with Gasteiger partial charge < -0.3 is 19.9 Å². The Morgan fingerprint density at radius 2 is 1.91 bits per heavy atom. The number of nitrogens with zero attached hydrogens (tertiary/aromatic N) is 2. The average Bonchev–Trinajstić information content (AvgIpc) is 3.10. The third-order valence-corrected chi connectivity index (χ3v) is 5.27. The molecule has 0 saturated carbocycles. The number of benzene rings is 1. The maximum absolute atomic E-state index is 15.2. The van der Waals surface area contributed by atoms with Crippen LogP contribution in [0, 0.1) is 12.7 Å². The normalized spacial score (nSPS) is 13.3. The van der Waals surface area contributed by atoms with Gasteiger partial charge in [0.05, 0.1) is 30.2 Å². The van der Waals surface area contributed by atoms with Crippen molar-refractivity contribution in [1.29, 1.82) is 0 Å². The number of aryl methyl sites for hydroxylation is 1. The van der Waals surface area contributed by atoms with Crippen molar-refractivity contribution < 1.29 is 36.9 Å². The Morgan fingerprint density at radius 3 is 2.46 bits per heavy atom. The number of pyridine rings is 1. The molecule has 3 N–H and O–H groups in total. The number of aromatic nitrogens is 3. The van der Waals surface area contributed by atoms with Crippen molar-refractivity contribution in [2.75, 3.05) is 12.4 Å². The number of hydrogen-bond acceptors (Lipinski definition) is 6. The van der Waals surface area contributed by atoms with Gasteiger partial charge in [0.2, 0.25) is 0 Å². The smallest absolute Gasteiger partial charge is 0.425 e. The second kappa shape index (κ2) is 10.1. The molecule has 2 atom stereocenters. The predicted molar refractivity (Wildman–Crippen MR) is 119 cm³/mol. The Labute approximate surface area is 202 Å². The molecular formula is C22H21ClF4N4O4. The number of halogens is 5. The molecule has 0 fully saturated rings. The number of carbonyl (C=O) groups excluding carboxylic acids is 1. The van der Waals surface area contributed by atoms with Gasteiger partial charge in [-0.15, -0.1) is 0 Å². The van der Waals surface area contributed by atoms with Gasteiger partial charge in [0.15, 0.2) is 11.3 Å². The van der Waals surface area contributed by atoms with E-state index in [2.05, 4.69) is 20.5 Å². The second-order valence-electron chi connectivity index (χ2n) is 7.56. The Balaban J connectivity index is 2.12. The highest BCUT2D eigenvalue weighted by Crippen LogP contribution is 2.35. The molecule has 2 unspecified atom stereocenters. The zero-order valence-corrected chi connectivity index (χ0v) is 19.7. The number of anilines is 1. The quantitative estimate of drug-likeness (QED) is 0.372. The predicted octanol–water partition coefficient (Wildman–Crippen LogP) is 5.22. The van der Waals surface area contributed by atoms with Gasteiger partial charge in [0.1, 0.15) is 28.7 Å². The molecule has 3 rings (SSSR count). The van der Waals surface area contributed by atoms with Crippen LogP contribution in [0.1, 0.15) is 41.7 Å². The fraction of sp³-hybridized carbons (Fsp3) is 0.318. The van der Waals surface area contributed by atoms with Gasteiger partial charge in [-0.25, -0.2) is 9.37 Å². The van der Waals surface area contributed by atoms with Crippen LogP contribution in [0.3, 0.4) is 0 Å². The molecule has 188 valence electrons. The van der Waals surface area contributed by atoms with Crippen molar-refractivity contribution in [3.63, 3.8) is 0 Å². The van der Waals surface area contributed by atoms with Crippen molar-refractivity contribution in [1.82, 2.24) is 15.2 Å². The lowest BCUT2D eigenvalue weighted by molar-refractivity contribution is -0.189. The van der Waals surface area contributed by atoms with E-state index in [0.29, 0.717) is 5.69 Å². The van der Waals surface area contributed by atoms with Gasteiger partial charge in [-0.2, -0.15) is 18.3 Å². The van der Waals surface area contributed by atoms with Crippen molar-refractivity contribution in [2.24, 2.45) is 0 Å². The third-order valence-electron chi connectivity index (χ3n) is 5.00. The first-order valence-electron chi connectivity index (χ1n) is 10.2. The summed E-state index contributed by atoms with van der Waals surface area (Å²) in [7, 11) is 1.36. The van der Waals surface area contributed by atoms with Crippen LogP contribution < -0.4 is 14.8 Å². The number of alkyl halides is 3. The Morgan fingerprint density at radius 1 is 1.23 bits per heavy atom. The highest BCUT2D eigenvalue weighted by atomic mass is 35.5. The number of aromatic amines is 1. The molecular weight excluding hydrogens is 496 g/mol. The minimum absolute atomic E-state index is 0.0237. The molecule has 3 aromatic rings. The monoisotopic (exact) mass is 516 g/mol. The Bertz CT molecular complexity index is 1230. The molecule has 0 saturated heterocycles. The fourth-order valence-electron chi connectivity index (χ4n) is 3.09. The van der Waals surface area contributed by atoms with E-state index >= 15 is 4.39 Å². The summed E-state index contributed by atoms with van der Waals surface area (Å²) in [4.78, 5) is 17.1. The molecule has 8 nitrogen and oxygen atoms in total. The number of methoxy groups -OCH3 is 1. The van der Waals surface area contributed by atoms with E-state index in [0.717, 1.165) is 19.1 Å². The third kappa shape index (κ3) is 5.65. The number of rotatable bonds is 7. The molecule has 0 aliphatic carbocycles. The summed E-state index contributed by atoms with van der Waals surface area (Å²) in [5, 5.41) is 18.5. The van der Waals surface area contributed by atoms with E-state index in [4.69, 9.17) is 21.1 Å². The summed E-state index contributed by atoms with van der Waals surface area (Å²) in [5.74, 6) is -2.25. The highest BCUT2D eigenvalue weighted by molar-refractivity contribution is 6.33. The first-order chi connectivity index (χ1) is 16.3. The standard InChI is InChI=1S/C22H21ClF4N4O4/c1-9-18(20(23)31-30-9)29-21(33)13-7-14(24)12(8-17(13)35-11(3)22(25,26)27)15-5-6-16(34-4)19(28-15)10(2)32/h5-8,10-11,32H,1-4H3,(H,29,33)(H,30,31). The van der Waals surface area contributed by atoms with Gasteiger partial charge >= 0.3 is 6.18 Å². The summed E-state index contributed by atoms with van der Waals surface area (Å²) in [6, 6.07) is 4.46. The van der Waals surface area contributed by atoms with Crippen LogP contribution in [-0.4, -0.2) is 45.6 Å². The molecule has 0 bridgehead atoms. The summed E-state index contributed by atoms with van der Waals surface area (Å²) < 4.78 is 65.0. The Kier molecular flexibility index (Phi) is 7.56. The number of H-pyrrole nitrogens is 1. The molecule has 1 amide bonds. The number of aliphatic hydroxyl groups excluding tert-OH is 1. The summed E-state index contributed by atoms with van der Waals surface area (Å²) >= 11 is 5.91. The SMILES string of the molecule is COc1ccc(-c2cc(OC(C)C(F)(F)F)c(C(=O)Nc3c(Cl)n[nH]c3C)cc2F)nc1C(C)O. The minimum Gasteiger partial charge on any atom is -0.495 e. The molecule has 0 aliphatic heterocycles. The van der Waals surface area contributed by atoms with E-state index in [-0.39, 0.29) is 33.5 Å². The van der Waals surface area contributed by atoms with Crippen LogP contribution in [0.2, 0.25) is 5.15 Å². The molecule has 1 aromatic carbocycles. The summed E-state index contributed by atoms with van der Waals surface area (Å²) in [6.07, 6.45) is -8.16. The van der Waals surface area contributed by atoms with Gasteiger partial charge in [-0.05, 0) is 45.0 Å².